The SMILES string of the molecule is NC(=O)c1cc(Oc2cccc(N3C(=O)c4ccccc4C3=O)c2)ccn1. The first kappa shape index (κ1) is 16.5. The number of primary amides is 1. The van der Waals surface area contributed by atoms with Crippen molar-refractivity contribution in [3.63, 3.8) is 0 Å². The van der Waals surface area contributed by atoms with Crippen LogP contribution in [0.25, 0.3) is 0 Å². The van der Waals surface area contributed by atoms with E-state index in [0.29, 0.717) is 28.3 Å². The minimum atomic E-state index is -0.666. The van der Waals surface area contributed by atoms with Gasteiger partial charge in [0.25, 0.3) is 17.7 Å². The Morgan fingerprint density at radius 1 is 0.889 bits per heavy atom. The summed E-state index contributed by atoms with van der Waals surface area (Å²) >= 11 is 0. The Kier molecular flexibility index (Phi) is 3.89. The molecule has 1 aliphatic heterocycles. The van der Waals surface area contributed by atoms with Crippen LogP contribution in [0.4, 0.5) is 5.69 Å². The lowest BCUT2D eigenvalue weighted by molar-refractivity contribution is 0.0924. The van der Waals surface area contributed by atoms with Crippen LogP contribution in [0.3, 0.4) is 0 Å². The van der Waals surface area contributed by atoms with E-state index >= 15 is 0 Å². The van der Waals surface area contributed by atoms with Crippen LogP contribution in [-0.2, 0) is 0 Å². The van der Waals surface area contributed by atoms with Crippen molar-refractivity contribution in [1.82, 2.24) is 4.98 Å². The molecule has 0 saturated carbocycles. The fourth-order valence-corrected chi connectivity index (χ4v) is 2.86. The van der Waals surface area contributed by atoms with Gasteiger partial charge in [-0.15, -0.1) is 0 Å². The molecule has 1 aliphatic rings. The molecule has 3 aromatic rings. The first-order valence-electron chi connectivity index (χ1n) is 8.06. The van der Waals surface area contributed by atoms with Crippen molar-refractivity contribution in [2.45, 2.75) is 0 Å². The van der Waals surface area contributed by atoms with E-state index in [-0.39, 0.29) is 17.5 Å². The van der Waals surface area contributed by atoms with E-state index in [1.54, 1.807) is 54.6 Å². The van der Waals surface area contributed by atoms with Crippen LogP contribution in [0.1, 0.15) is 31.2 Å². The van der Waals surface area contributed by atoms with Crippen molar-refractivity contribution in [2.24, 2.45) is 5.73 Å². The maximum atomic E-state index is 12.6. The molecule has 0 unspecified atom stereocenters. The Labute approximate surface area is 154 Å². The van der Waals surface area contributed by atoms with Crippen molar-refractivity contribution in [3.05, 3.63) is 83.7 Å². The number of nitrogens with zero attached hydrogens (tertiary/aromatic N) is 2. The molecule has 0 spiro atoms. The standard InChI is InChI=1S/C20H13N3O4/c21-18(24)17-11-14(8-9-22-17)27-13-5-3-4-12(10-13)23-19(25)15-6-1-2-7-16(15)20(23)26/h1-11H,(H2,21,24). The minimum Gasteiger partial charge on any atom is -0.457 e. The van der Waals surface area contributed by atoms with Crippen LogP contribution in [-0.4, -0.2) is 22.7 Å². The summed E-state index contributed by atoms with van der Waals surface area (Å²) in [6, 6.07) is 16.2. The second kappa shape index (κ2) is 6.38. The summed E-state index contributed by atoms with van der Waals surface area (Å²) in [7, 11) is 0. The molecular weight excluding hydrogens is 346 g/mol. The van der Waals surface area contributed by atoms with Crippen molar-refractivity contribution in [2.75, 3.05) is 4.90 Å². The summed E-state index contributed by atoms with van der Waals surface area (Å²) in [4.78, 5) is 41.4. The van der Waals surface area contributed by atoms with Gasteiger partial charge >= 0.3 is 0 Å². The van der Waals surface area contributed by atoms with Gasteiger partial charge < -0.3 is 10.5 Å². The average Bonchev–Trinajstić information content (AvgIpc) is 2.93. The first-order chi connectivity index (χ1) is 13.0. The normalized spacial score (nSPS) is 12.8. The Balaban J connectivity index is 1.64. The molecule has 2 heterocycles. The molecule has 0 saturated heterocycles. The molecule has 2 aromatic carbocycles. The van der Waals surface area contributed by atoms with Gasteiger partial charge in [0.2, 0.25) is 0 Å². The van der Waals surface area contributed by atoms with Gasteiger partial charge in [-0.1, -0.05) is 18.2 Å². The fourth-order valence-electron chi connectivity index (χ4n) is 2.86. The summed E-state index contributed by atoms with van der Waals surface area (Å²) in [5.74, 6) is -0.676. The molecule has 132 valence electrons. The maximum absolute atomic E-state index is 12.6. The average molecular weight is 359 g/mol. The van der Waals surface area contributed by atoms with E-state index in [0.717, 1.165) is 4.90 Å². The van der Waals surface area contributed by atoms with Gasteiger partial charge in [0.15, 0.2) is 0 Å². The number of ether oxygens (including phenoxy) is 1. The van der Waals surface area contributed by atoms with Crippen LogP contribution in [0.15, 0.2) is 66.9 Å². The summed E-state index contributed by atoms with van der Waals surface area (Å²) in [5, 5.41) is 0. The van der Waals surface area contributed by atoms with E-state index in [2.05, 4.69) is 4.98 Å². The molecule has 3 amide bonds. The third kappa shape index (κ3) is 2.91. The molecule has 0 aliphatic carbocycles. The number of imide groups is 1. The second-order valence-corrected chi connectivity index (χ2v) is 5.83. The maximum Gasteiger partial charge on any atom is 0.267 e. The number of anilines is 1. The smallest absolute Gasteiger partial charge is 0.267 e. The molecule has 0 bridgehead atoms. The highest BCUT2D eigenvalue weighted by molar-refractivity contribution is 6.34. The molecular formula is C20H13N3O4. The lowest BCUT2D eigenvalue weighted by Gasteiger charge is -2.15. The van der Waals surface area contributed by atoms with Crippen molar-refractivity contribution < 1.29 is 19.1 Å². The number of carbonyl (C=O) groups is 3. The number of aromatic nitrogens is 1. The van der Waals surface area contributed by atoms with Gasteiger partial charge in [0, 0.05) is 18.3 Å². The third-order valence-corrected chi connectivity index (χ3v) is 4.09. The van der Waals surface area contributed by atoms with Gasteiger partial charge in [-0.05, 0) is 30.3 Å². The van der Waals surface area contributed by atoms with Crippen LogP contribution < -0.4 is 15.4 Å². The predicted molar refractivity (Wildman–Crippen MR) is 96.9 cm³/mol. The quantitative estimate of drug-likeness (QED) is 0.722. The molecule has 0 atom stereocenters. The molecule has 0 fully saturated rings. The van der Waals surface area contributed by atoms with Crippen molar-refractivity contribution in [1.29, 1.82) is 0 Å². The third-order valence-electron chi connectivity index (χ3n) is 4.09. The summed E-state index contributed by atoms with van der Waals surface area (Å²) in [6.07, 6.45) is 1.41. The highest BCUT2D eigenvalue weighted by Crippen LogP contribution is 2.31. The van der Waals surface area contributed by atoms with Gasteiger partial charge in [-0.3, -0.25) is 19.4 Å². The minimum absolute atomic E-state index is 0.0732. The molecule has 2 N–H and O–H groups in total. The molecule has 7 nitrogen and oxygen atoms in total. The van der Waals surface area contributed by atoms with E-state index in [4.69, 9.17) is 10.5 Å². The molecule has 27 heavy (non-hydrogen) atoms. The zero-order valence-electron chi connectivity index (χ0n) is 14.0. The largest absolute Gasteiger partial charge is 0.457 e. The number of fused-ring (bicyclic) bond motifs is 1. The monoisotopic (exact) mass is 359 g/mol. The van der Waals surface area contributed by atoms with Crippen LogP contribution in [0, 0.1) is 0 Å². The van der Waals surface area contributed by atoms with Gasteiger partial charge in [-0.2, -0.15) is 0 Å². The number of hydrogen-bond acceptors (Lipinski definition) is 5. The van der Waals surface area contributed by atoms with Crippen LogP contribution in [0.2, 0.25) is 0 Å². The summed E-state index contributed by atoms with van der Waals surface area (Å²) in [6.45, 7) is 0. The molecule has 0 radical (unpaired) electrons. The van der Waals surface area contributed by atoms with Gasteiger partial charge in [-0.25, -0.2) is 4.90 Å². The molecule has 4 rings (SSSR count). The number of pyridine rings is 1. The summed E-state index contributed by atoms with van der Waals surface area (Å²) in [5.41, 5.74) is 6.42. The van der Waals surface area contributed by atoms with Crippen LogP contribution in [0.5, 0.6) is 11.5 Å². The number of amides is 3. The number of hydrogen-bond donors (Lipinski definition) is 1. The zero-order valence-corrected chi connectivity index (χ0v) is 14.0. The molecule has 1 aromatic heterocycles. The second-order valence-electron chi connectivity index (χ2n) is 5.83. The molecule has 7 heteroatoms. The Bertz CT molecular complexity index is 1060. The first-order valence-corrected chi connectivity index (χ1v) is 8.06. The van der Waals surface area contributed by atoms with E-state index < -0.39 is 5.91 Å². The topological polar surface area (TPSA) is 103 Å². The Hall–Kier alpha value is -4.00. The van der Waals surface area contributed by atoms with Crippen LogP contribution >= 0.6 is 0 Å². The van der Waals surface area contributed by atoms with Crippen molar-refractivity contribution in [3.8, 4) is 11.5 Å². The lowest BCUT2D eigenvalue weighted by atomic mass is 10.1. The number of benzene rings is 2. The van der Waals surface area contributed by atoms with Gasteiger partial charge in [0.05, 0.1) is 16.8 Å². The van der Waals surface area contributed by atoms with E-state index in [1.165, 1.54) is 12.3 Å². The van der Waals surface area contributed by atoms with E-state index in [1.807, 2.05) is 0 Å². The highest BCUT2D eigenvalue weighted by atomic mass is 16.5. The zero-order chi connectivity index (χ0) is 19.0. The lowest BCUT2D eigenvalue weighted by Crippen LogP contribution is -2.29. The van der Waals surface area contributed by atoms with E-state index in [9.17, 15) is 14.4 Å². The van der Waals surface area contributed by atoms with Crippen molar-refractivity contribution >= 4 is 23.4 Å². The highest BCUT2D eigenvalue weighted by Gasteiger charge is 2.36. The predicted octanol–water partition coefficient (Wildman–Crippen LogP) is 2.77. The summed E-state index contributed by atoms with van der Waals surface area (Å²) < 4.78 is 5.72. The number of carbonyl (C=O) groups excluding carboxylic acids is 3. The van der Waals surface area contributed by atoms with Gasteiger partial charge in [0.1, 0.15) is 17.2 Å². The Morgan fingerprint density at radius 2 is 1.56 bits per heavy atom. The number of nitrogens with two attached hydrogens (primary N) is 1. The number of rotatable bonds is 4. The fraction of sp³-hybridized carbons (Fsp3) is 0. The Morgan fingerprint density at radius 3 is 2.22 bits per heavy atom.